The van der Waals surface area contributed by atoms with Gasteiger partial charge in [0.15, 0.2) is 0 Å². The molecule has 2 rings (SSSR count). The lowest BCUT2D eigenvalue weighted by molar-refractivity contribution is 0.0914. The summed E-state index contributed by atoms with van der Waals surface area (Å²) in [6, 6.07) is 5.86. The van der Waals surface area contributed by atoms with Crippen LogP contribution < -0.4 is 5.32 Å². The molecule has 0 spiro atoms. The molecule has 2 heterocycles. The Morgan fingerprint density at radius 1 is 1.56 bits per heavy atom. The number of nitriles is 1. The number of amides is 1. The van der Waals surface area contributed by atoms with Crippen LogP contribution in [0.4, 0.5) is 0 Å². The van der Waals surface area contributed by atoms with Crippen molar-refractivity contribution in [2.75, 3.05) is 19.6 Å². The van der Waals surface area contributed by atoms with Gasteiger partial charge in [0.1, 0.15) is 0 Å². The van der Waals surface area contributed by atoms with Gasteiger partial charge in [0.25, 0.3) is 5.91 Å². The predicted molar refractivity (Wildman–Crippen MR) is 66.8 cm³/mol. The lowest BCUT2D eigenvalue weighted by Crippen LogP contribution is -2.44. The Balaban J connectivity index is 1.82. The second kappa shape index (κ2) is 6.12. The quantitative estimate of drug-likeness (QED) is 0.798. The number of pyridine rings is 1. The number of piperidine rings is 1. The molecule has 0 aromatic carbocycles. The Kier molecular flexibility index (Phi) is 4.26. The summed E-state index contributed by atoms with van der Waals surface area (Å²) >= 11 is 0. The second-order valence-corrected chi connectivity index (χ2v) is 4.42. The third-order valence-electron chi connectivity index (χ3n) is 3.14. The number of nitrogens with zero attached hydrogens (tertiary/aromatic N) is 3. The van der Waals surface area contributed by atoms with E-state index in [1.54, 1.807) is 24.5 Å². The van der Waals surface area contributed by atoms with E-state index in [4.69, 9.17) is 5.26 Å². The summed E-state index contributed by atoms with van der Waals surface area (Å²) in [5, 5.41) is 11.6. The monoisotopic (exact) mass is 244 g/mol. The molecule has 1 saturated heterocycles. The predicted octanol–water partition coefficient (Wildman–Crippen LogP) is 0.799. The topological polar surface area (TPSA) is 69.0 Å². The highest BCUT2D eigenvalue weighted by atomic mass is 16.1. The summed E-state index contributed by atoms with van der Waals surface area (Å²) in [4.78, 5) is 17.9. The molecule has 1 aromatic rings. The summed E-state index contributed by atoms with van der Waals surface area (Å²) in [5.74, 6) is -0.0677. The molecule has 0 unspecified atom stereocenters. The van der Waals surface area contributed by atoms with Gasteiger partial charge in [-0.05, 0) is 25.0 Å². The van der Waals surface area contributed by atoms with Crippen LogP contribution in [0.3, 0.4) is 0 Å². The summed E-state index contributed by atoms with van der Waals surface area (Å²) < 4.78 is 0. The summed E-state index contributed by atoms with van der Waals surface area (Å²) in [6.45, 7) is 2.21. The Labute approximate surface area is 106 Å². The van der Waals surface area contributed by atoms with Gasteiger partial charge < -0.3 is 5.32 Å². The van der Waals surface area contributed by atoms with E-state index < -0.39 is 0 Å². The van der Waals surface area contributed by atoms with Crippen LogP contribution in [0.5, 0.6) is 0 Å². The lowest BCUT2D eigenvalue weighted by Gasteiger charge is -2.30. The smallest absolute Gasteiger partial charge is 0.253 e. The minimum atomic E-state index is -0.0677. The molecule has 1 N–H and O–H groups in total. The molecule has 1 aliphatic heterocycles. The first-order valence-corrected chi connectivity index (χ1v) is 6.10. The van der Waals surface area contributed by atoms with Gasteiger partial charge in [0.05, 0.1) is 18.2 Å². The van der Waals surface area contributed by atoms with Crippen molar-refractivity contribution in [3.05, 3.63) is 30.1 Å². The second-order valence-electron chi connectivity index (χ2n) is 4.42. The van der Waals surface area contributed by atoms with E-state index in [1.807, 2.05) is 0 Å². The number of hydrogen-bond acceptors (Lipinski definition) is 4. The maximum atomic E-state index is 11.9. The molecular formula is C13H16N4O. The van der Waals surface area contributed by atoms with Crippen LogP contribution in [-0.2, 0) is 0 Å². The first kappa shape index (κ1) is 12.5. The Morgan fingerprint density at radius 2 is 2.33 bits per heavy atom. The SMILES string of the molecule is N#CCN1CCC(NC(=O)c2cccnc2)CC1. The number of aromatic nitrogens is 1. The standard InChI is InChI=1S/C13H16N4O/c14-5-9-17-7-3-12(4-8-17)16-13(18)11-2-1-6-15-10-11/h1-2,6,10,12H,3-4,7-9H2,(H,16,18). The van der Waals surface area contributed by atoms with Gasteiger partial charge in [0, 0.05) is 31.5 Å². The number of rotatable bonds is 3. The number of nitrogens with one attached hydrogen (secondary N) is 1. The normalized spacial score (nSPS) is 17.1. The van der Waals surface area contributed by atoms with Crippen LogP contribution in [0.1, 0.15) is 23.2 Å². The van der Waals surface area contributed by atoms with Crippen molar-refractivity contribution >= 4 is 5.91 Å². The van der Waals surface area contributed by atoms with Crippen LogP contribution in [0.15, 0.2) is 24.5 Å². The molecule has 0 bridgehead atoms. The Morgan fingerprint density at radius 3 is 2.94 bits per heavy atom. The minimum Gasteiger partial charge on any atom is -0.349 e. The van der Waals surface area contributed by atoms with Gasteiger partial charge in [-0.25, -0.2) is 0 Å². The molecule has 1 amide bonds. The van der Waals surface area contributed by atoms with Crippen molar-refractivity contribution in [1.82, 2.24) is 15.2 Å². The van der Waals surface area contributed by atoms with Crippen molar-refractivity contribution in [2.24, 2.45) is 0 Å². The molecule has 1 aromatic heterocycles. The molecule has 94 valence electrons. The highest BCUT2D eigenvalue weighted by Gasteiger charge is 2.20. The Bertz CT molecular complexity index is 432. The third kappa shape index (κ3) is 3.28. The highest BCUT2D eigenvalue weighted by molar-refractivity contribution is 5.93. The van der Waals surface area contributed by atoms with Crippen molar-refractivity contribution in [2.45, 2.75) is 18.9 Å². The fraction of sp³-hybridized carbons (Fsp3) is 0.462. The van der Waals surface area contributed by atoms with E-state index >= 15 is 0 Å². The lowest BCUT2D eigenvalue weighted by atomic mass is 10.0. The van der Waals surface area contributed by atoms with Crippen LogP contribution in [0, 0.1) is 11.3 Å². The molecule has 0 saturated carbocycles. The Hall–Kier alpha value is -1.93. The first-order chi connectivity index (χ1) is 8.79. The van der Waals surface area contributed by atoms with E-state index in [0.717, 1.165) is 25.9 Å². The van der Waals surface area contributed by atoms with Gasteiger partial charge in [-0.15, -0.1) is 0 Å². The maximum absolute atomic E-state index is 11.9. The zero-order valence-electron chi connectivity index (χ0n) is 10.2. The van der Waals surface area contributed by atoms with E-state index in [2.05, 4.69) is 21.3 Å². The molecule has 0 aliphatic carbocycles. The van der Waals surface area contributed by atoms with Gasteiger partial charge >= 0.3 is 0 Å². The molecule has 18 heavy (non-hydrogen) atoms. The van der Waals surface area contributed by atoms with E-state index in [-0.39, 0.29) is 11.9 Å². The van der Waals surface area contributed by atoms with Gasteiger partial charge in [0.2, 0.25) is 0 Å². The average molecular weight is 244 g/mol. The number of carbonyl (C=O) groups is 1. The van der Waals surface area contributed by atoms with Crippen LogP contribution in [0.2, 0.25) is 0 Å². The zero-order chi connectivity index (χ0) is 12.8. The maximum Gasteiger partial charge on any atom is 0.253 e. The minimum absolute atomic E-state index is 0.0677. The molecule has 0 atom stereocenters. The first-order valence-electron chi connectivity index (χ1n) is 6.10. The molecule has 1 fully saturated rings. The summed E-state index contributed by atoms with van der Waals surface area (Å²) in [7, 11) is 0. The fourth-order valence-corrected chi connectivity index (χ4v) is 2.10. The van der Waals surface area contributed by atoms with Crippen LogP contribution >= 0.6 is 0 Å². The van der Waals surface area contributed by atoms with Crippen LogP contribution in [-0.4, -0.2) is 41.5 Å². The largest absolute Gasteiger partial charge is 0.349 e. The number of carbonyl (C=O) groups excluding carboxylic acids is 1. The van der Waals surface area contributed by atoms with Gasteiger partial charge in [-0.1, -0.05) is 0 Å². The molecule has 5 heteroatoms. The molecule has 0 radical (unpaired) electrons. The van der Waals surface area contributed by atoms with Gasteiger partial charge in [-0.2, -0.15) is 5.26 Å². The molecular weight excluding hydrogens is 228 g/mol. The zero-order valence-corrected chi connectivity index (χ0v) is 10.2. The number of likely N-dealkylation sites (tertiary alicyclic amines) is 1. The molecule has 5 nitrogen and oxygen atoms in total. The average Bonchev–Trinajstić information content (AvgIpc) is 2.42. The van der Waals surface area contributed by atoms with Crippen molar-refractivity contribution in [3.63, 3.8) is 0 Å². The fourth-order valence-electron chi connectivity index (χ4n) is 2.10. The molecule has 1 aliphatic rings. The van der Waals surface area contributed by atoms with Crippen molar-refractivity contribution < 1.29 is 4.79 Å². The third-order valence-corrected chi connectivity index (χ3v) is 3.14. The number of hydrogen-bond donors (Lipinski definition) is 1. The van der Waals surface area contributed by atoms with E-state index in [0.29, 0.717) is 12.1 Å². The van der Waals surface area contributed by atoms with Crippen LogP contribution in [0.25, 0.3) is 0 Å². The van der Waals surface area contributed by atoms with E-state index in [1.165, 1.54) is 0 Å². The summed E-state index contributed by atoms with van der Waals surface area (Å²) in [6.07, 6.45) is 5.01. The van der Waals surface area contributed by atoms with Crippen molar-refractivity contribution in [3.8, 4) is 6.07 Å². The van der Waals surface area contributed by atoms with E-state index in [9.17, 15) is 4.79 Å². The van der Waals surface area contributed by atoms with Gasteiger partial charge in [-0.3, -0.25) is 14.7 Å². The van der Waals surface area contributed by atoms with Crippen molar-refractivity contribution in [1.29, 1.82) is 5.26 Å². The highest BCUT2D eigenvalue weighted by Crippen LogP contribution is 2.10. The summed E-state index contributed by atoms with van der Waals surface area (Å²) in [5.41, 5.74) is 0.594.